The van der Waals surface area contributed by atoms with E-state index in [-0.39, 0.29) is 0 Å². The molecule has 2 aromatic heterocycles. The highest BCUT2D eigenvalue weighted by atomic mass is 32.1. The first kappa shape index (κ1) is 20.9. The third-order valence-electron chi connectivity index (χ3n) is 6.95. The van der Waals surface area contributed by atoms with Gasteiger partial charge in [-0.05, 0) is 94.8 Å². The molecule has 3 aromatic rings. The summed E-state index contributed by atoms with van der Waals surface area (Å²) in [5.41, 5.74) is 5.99. The molecule has 4 nitrogen and oxygen atoms in total. The van der Waals surface area contributed by atoms with E-state index in [4.69, 9.17) is 4.98 Å². The van der Waals surface area contributed by atoms with Crippen LogP contribution in [-0.4, -0.2) is 54.1 Å². The number of aromatic nitrogens is 1. The zero-order valence-electron chi connectivity index (χ0n) is 18.6. The molecule has 164 valence electrons. The molecule has 2 fully saturated rings. The minimum Gasteiger partial charge on any atom is -0.384 e. The summed E-state index contributed by atoms with van der Waals surface area (Å²) in [5, 5.41) is 5.86. The Bertz CT molecular complexity index is 984. The van der Waals surface area contributed by atoms with E-state index in [0.29, 0.717) is 6.04 Å². The number of thiophene rings is 1. The summed E-state index contributed by atoms with van der Waals surface area (Å²) in [5.74, 6) is 0. The third kappa shape index (κ3) is 4.79. The molecule has 0 saturated carbocycles. The number of rotatable bonds is 8. The highest BCUT2D eigenvalue weighted by molar-refractivity contribution is 7.17. The Morgan fingerprint density at radius 1 is 1.00 bits per heavy atom. The van der Waals surface area contributed by atoms with Crippen LogP contribution in [0.2, 0.25) is 0 Å². The van der Waals surface area contributed by atoms with E-state index < -0.39 is 0 Å². The second kappa shape index (κ2) is 9.68. The third-order valence-corrected chi connectivity index (χ3v) is 7.89. The van der Waals surface area contributed by atoms with Gasteiger partial charge in [-0.15, -0.1) is 11.3 Å². The van der Waals surface area contributed by atoms with Gasteiger partial charge in [0, 0.05) is 18.2 Å². The summed E-state index contributed by atoms with van der Waals surface area (Å²) in [7, 11) is 0. The molecule has 5 rings (SSSR count). The number of hydrogen-bond acceptors (Lipinski definition) is 5. The molecule has 31 heavy (non-hydrogen) atoms. The Balaban J connectivity index is 1.30. The Kier molecular flexibility index (Phi) is 6.53. The van der Waals surface area contributed by atoms with Gasteiger partial charge in [-0.25, -0.2) is 4.98 Å². The van der Waals surface area contributed by atoms with Gasteiger partial charge < -0.3 is 10.2 Å². The maximum Gasteiger partial charge on any atom is 0.0838 e. The number of anilines is 1. The van der Waals surface area contributed by atoms with Crippen LogP contribution < -0.4 is 5.32 Å². The van der Waals surface area contributed by atoms with Crippen molar-refractivity contribution in [2.45, 2.75) is 45.1 Å². The van der Waals surface area contributed by atoms with Crippen LogP contribution in [-0.2, 0) is 0 Å². The number of benzene rings is 1. The van der Waals surface area contributed by atoms with E-state index in [2.05, 4.69) is 63.8 Å². The monoisotopic (exact) mass is 434 g/mol. The maximum absolute atomic E-state index is 4.96. The van der Waals surface area contributed by atoms with E-state index in [0.717, 1.165) is 17.8 Å². The van der Waals surface area contributed by atoms with Crippen molar-refractivity contribution in [3.05, 3.63) is 47.3 Å². The van der Waals surface area contributed by atoms with Gasteiger partial charge in [0.2, 0.25) is 0 Å². The smallest absolute Gasteiger partial charge is 0.0838 e. The average molecular weight is 435 g/mol. The second-order valence-corrected chi connectivity index (χ2v) is 9.98. The predicted octanol–water partition coefficient (Wildman–Crippen LogP) is 6.02. The Hall–Kier alpha value is -1.95. The molecule has 5 heteroatoms. The van der Waals surface area contributed by atoms with E-state index >= 15 is 0 Å². The summed E-state index contributed by atoms with van der Waals surface area (Å²) in [4.78, 5) is 10.1. The normalized spacial score (nSPS) is 18.7. The summed E-state index contributed by atoms with van der Waals surface area (Å²) < 4.78 is 1.27. The summed E-state index contributed by atoms with van der Waals surface area (Å²) in [6.45, 7) is 9.56. The van der Waals surface area contributed by atoms with Crippen molar-refractivity contribution in [3.8, 4) is 11.3 Å². The van der Waals surface area contributed by atoms with Gasteiger partial charge in [-0.3, -0.25) is 4.90 Å². The quantitative estimate of drug-likeness (QED) is 0.439. The predicted molar refractivity (Wildman–Crippen MR) is 133 cm³/mol. The fourth-order valence-electron chi connectivity index (χ4n) is 5.04. The fourth-order valence-corrected chi connectivity index (χ4v) is 5.87. The molecule has 0 radical (unpaired) electrons. The first-order valence-electron chi connectivity index (χ1n) is 12.0. The lowest BCUT2D eigenvalue weighted by Gasteiger charge is -2.24. The Morgan fingerprint density at radius 2 is 1.74 bits per heavy atom. The topological polar surface area (TPSA) is 31.4 Å². The van der Waals surface area contributed by atoms with Crippen LogP contribution in [0.25, 0.3) is 21.5 Å². The lowest BCUT2D eigenvalue weighted by Crippen LogP contribution is -2.23. The number of fused-ring (bicyclic) bond motifs is 1. The van der Waals surface area contributed by atoms with E-state index in [1.807, 2.05) is 0 Å². The molecule has 1 N–H and O–H groups in total. The summed E-state index contributed by atoms with van der Waals surface area (Å²) >= 11 is 1.78. The molecule has 0 amide bonds. The van der Waals surface area contributed by atoms with Crippen molar-refractivity contribution in [3.63, 3.8) is 0 Å². The van der Waals surface area contributed by atoms with Gasteiger partial charge in [0.05, 0.1) is 21.6 Å². The maximum atomic E-state index is 4.96. The number of hydrogen-bond donors (Lipinski definition) is 1. The summed E-state index contributed by atoms with van der Waals surface area (Å²) in [6, 6.07) is 14.0. The molecule has 1 atom stereocenters. The second-order valence-electron chi connectivity index (χ2n) is 9.06. The van der Waals surface area contributed by atoms with Crippen LogP contribution in [0.4, 0.5) is 5.69 Å². The van der Waals surface area contributed by atoms with Crippen molar-refractivity contribution in [2.75, 3.05) is 44.6 Å². The molecule has 2 aliphatic rings. The highest BCUT2D eigenvalue weighted by Gasteiger charge is 2.19. The molecule has 2 aliphatic heterocycles. The number of nitrogens with one attached hydrogen (secondary N) is 1. The molecular formula is C26H34N4S. The first-order valence-corrected chi connectivity index (χ1v) is 12.8. The SMILES string of the molecule is CC(c1ccc(-c2cc(NCCCN3CCCC3)c3sccc3n2)cc1)N1CCCC1. The molecule has 0 spiro atoms. The summed E-state index contributed by atoms with van der Waals surface area (Å²) in [6.07, 6.45) is 6.59. The van der Waals surface area contributed by atoms with Crippen molar-refractivity contribution in [1.82, 2.24) is 14.8 Å². The molecule has 0 bridgehead atoms. The van der Waals surface area contributed by atoms with Crippen LogP contribution in [0.3, 0.4) is 0 Å². The van der Waals surface area contributed by atoms with Gasteiger partial charge in [-0.2, -0.15) is 0 Å². The van der Waals surface area contributed by atoms with E-state index in [1.165, 1.54) is 86.3 Å². The number of pyridine rings is 1. The zero-order valence-corrected chi connectivity index (χ0v) is 19.5. The van der Waals surface area contributed by atoms with Crippen LogP contribution >= 0.6 is 11.3 Å². The Labute approximate surface area is 190 Å². The lowest BCUT2D eigenvalue weighted by molar-refractivity contribution is 0.263. The van der Waals surface area contributed by atoms with Crippen LogP contribution in [0.1, 0.15) is 50.6 Å². The minimum atomic E-state index is 0.497. The van der Waals surface area contributed by atoms with Crippen LogP contribution in [0.5, 0.6) is 0 Å². The number of nitrogens with zero attached hydrogens (tertiary/aromatic N) is 3. The van der Waals surface area contributed by atoms with Crippen LogP contribution in [0.15, 0.2) is 41.8 Å². The standard InChI is InChI=1S/C26H34N4S/c1-20(30-16-4-5-17-30)21-7-9-22(10-8-21)24-19-25(26-23(28-24)11-18-31-26)27-12-6-15-29-13-2-3-14-29/h7-11,18-20H,2-6,12-17H2,1H3,(H,27,28). The minimum absolute atomic E-state index is 0.497. The van der Waals surface area contributed by atoms with Crippen LogP contribution in [0, 0.1) is 0 Å². The van der Waals surface area contributed by atoms with Crippen molar-refractivity contribution in [1.29, 1.82) is 0 Å². The molecule has 0 aliphatic carbocycles. The Morgan fingerprint density at radius 3 is 2.52 bits per heavy atom. The van der Waals surface area contributed by atoms with Gasteiger partial charge in [0.1, 0.15) is 0 Å². The molecule has 2 saturated heterocycles. The van der Waals surface area contributed by atoms with E-state index in [9.17, 15) is 0 Å². The average Bonchev–Trinajstić information content (AvgIpc) is 3.58. The zero-order chi connectivity index (χ0) is 21.0. The fraction of sp³-hybridized carbons (Fsp3) is 0.500. The van der Waals surface area contributed by atoms with Gasteiger partial charge in [-0.1, -0.05) is 24.3 Å². The van der Waals surface area contributed by atoms with Gasteiger partial charge >= 0.3 is 0 Å². The van der Waals surface area contributed by atoms with Crippen molar-refractivity contribution < 1.29 is 0 Å². The molecule has 1 aromatic carbocycles. The lowest BCUT2D eigenvalue weighted by atomic mass is 10.0. The largest absolute Gasteiger partial charge is 0.384 e. The first-order chi connectivity index (χ1) is 15.3. The van der Waals surface area contributed by atoms with Gasteiger partial charge in [0.25, 0.3) is 0 Å². The molecule has 1 unspecified atom stereocenters. The van der Waals surface area contributed by atoms with E-state index in [1.54, 1.807) is 11.3 Å². The van der Waals surface area contributed by atoms with Gasteiger partial charge in [0.15, 0.2) is 0 Å². The van der Waals surface area contributed by atoms with Crippen molar-refractivity contribution in [2.24, 2.45) is 0 Å². The molecular weight excluding hydrogens is 400 g/mol. The van der Waals surface area contributed by atoms with Crippen molar-refractivity contribution >= 4 is 27.2 Å². The highest BCUT2D eigenvalue weighted by Crippen LogP contribution is 2.33. The number of likely N-dealkylation sites (tertiary alicyclic amines) is 2. The molecule has 4 heterocycles.